The van der Waals surface area contributed by atoms with Gasteiger partial charge in [0.2, 0.25) is 5.78 Å². The molecule has 3 rings (SSSR count). The molecule has 0 bridgehead atoms. The molecule has 0 aliphatic carbocycles. The fraction of sp³-hybridized carbons (Fsp3) is 0.389. The Morgan fingerprint density at radius 3 is 2.78 bits per heavy atom. The van der Waals surface area contributed by atoms with Crippen molar-refractivity contribution >= 4 is 5.78 Å². The van der Waals surface area contributed by atoms with Crippen LogP contribution in [0.15, 0.2) is 24.5 Å². The second-order valence-electron chi connectivity index (χ2n) is 6.01. The molecule has 5 heteroatoms. The van der Waals surface area contributed by atoms with Gasteiger partial charge in [-0.2, -0.15) is 0 Å². The maximum absolute atomic E-state index is 12.1. The summed E-state index contributed by atoms with van der Waals surface area (Å²) in [5.41, 5.74) is 2.50. The molecule has 0 saturated carbocycles. The molecule has 2 aromatic rings. The van der Waals surface area contributed by atoms with Crippen LogP contribution in [0.25, 0.3) is 0 Å². The first-order valence-electron chi connectivity index (χ1n) is 7.64. The molecular weight excluding hydrogens is 290 g/mol. The van der Waals surface area contributed by atoms with Crippen molar-refractivity contribution in [1.29, 1.82) is 0 Å². The maximum atomic E-state index is 12.1. The van der Waals surface area contributed by atoms with E-state index in [4.69, 9.17) is 11.2 Å². The van der Waals surface area contributed by atoms with Crippen molar-refractivity contribution in [2.45, 2.75) is 25.2 Å². The fourth-order valence-electron chi connectivity index (χ4n) is 2.99. The van der Waals surface area contributed by atoms with E-state index >= 15 is 0 Å². The number of ether oxygens (including phenoxy) is 1. The zero-order valence-corrected chi connectivity index (χ0v) is 13.4. The number of ketones is 1. The van der Waals surface area contributed by atoms with E-state index in [1.165, 1.54) is 0 Å². The summed E-state index contributed by atoms with van der Waals surface area (Å²) in [4.78, 5) is 12.1. The molecule has 1 saturated heterocycles. The molecule has 0 spiro atoms. The number of Topliss-reactive ketones (excluding diaryl/α,β-unsaturated/α-hetero) is 1. The molecule has 118 valence electrons. The molecular formula is C18H19N3O2. The summed E-state index contributed by atoms with van der Waals surface area (Å²) in [6.07, 6.45) is 8.50. The van der Waals surface area contributed by atoms with Crippen molar-refractivity contribution in [2.75, 3.05) is 13.2 Å². The number of carbonyl (C=O) groups excluding carboxylic acids is 1. The summed E-state index contributed by atoms with van der Waals surface area (Å²) < 4.78 is 7.39. The molecule has 2 heterocycles. The monoisotopic (exact) mass is 309 g/mol. The van der Waals surface area contributed by atoms with Gasteiger partial charge in [0.05, 0.1) is 13.2 Å². The number of nitrogens with zero attached hydrogens (tertiary/aromatic N) is 3. The van der Waals surface area contributed by atoms with Crippen LogP contribution in [-0.2, 0) is 30.0 Å². The van der Waals surface area contributed by atoms with Crippen molar-refractivity contribution in [2.24, 2.45) is 7.05 Å². The third-order valence-corrected chi connectivity index (χ3v) is 4.54. The summed E-state index contributed by atoms with van der Waals surface area (Å²) in [5.74, 6) is 2.86. The Labute approximate surface area is 135 Å². The lowest BCUT2D eigenvalue weighted by Crippen LogP contribution is -2.49. The zero-order chi connectivity index (χ0) is 16.4. The first-order valence-corrected chi connectivity index (χ1v) is 7.64. The van der Waals surface area contributed by atoms with Crippen LogP contribution in [0.1, 0.15) is 34.2 Å². The van der Waals surface area contributed by atoms with E-state index in [1.54, 1.807) is 6.33 Å². The Bertz CT molecular complexity index is 782. The molecule has 0 radical (unpaired) electrons. The molecule has 1 aliphatic heterocycles. The third-order valence-electron chi connectivity index (χ3n) is 4.54. The SMILES string of the molecule is C#CC(=O)c1cc(C2(Cc3nncn3C)COC2)ccc1CC. The number of benzene rings is 1. The van der Waals surface area contributed by atoms with Crippen LogP contribution in [-0.4, -0.2) is 33.8 Å². The van der Waals surface area contributed by atoms with Crippen molar-refractivity contribution in [3.05, 3.63) is 47.0 Å². The maximum Gasteiger partial charge on any atom is 0.235 e. The average Bonchev–Trinajstić information content (AvgIpc) is 2.94. The fourth-order valence-corrected chi connectivity index (χ4v) is 2.99. The van der Waals surface area contributed by atoms with Crippen molar-refractivity contribution in [3.63, 3.8) is 0 Å². The van der Waals surface area contributed by atoms with Crippen LogP contribution in [0, 0.1) is 12.3 Å². The van der Waals surface area contributed by atoms with Gasteiger partial charge in [-0.3, -0.25) is 4.79 Å². The predicted molar refractivity (Wildman–Crippen MR) is 86.2 cm³/mol. The van der Waals surface area contributed by atoms with E-state index < -0.39 is 0 Å². The quantitative estimate of drug-likeness (QED) is 0.479. The highest BCUT2D eigenvalue weighted by Gasteiger charge is 2.42. The Morgan fingerprint density at radius 2 is 2.26 bits per heavy atom. The van der Waals surface area contributed by atoms with Crippen LogP contribution in [0.2, 0.25) is 0 Å². The number of hydrogen-bond acceptors (Lipinski definition) is 4. The minimum absolute atomic E-state index is 0.170. The van der Waals surface area contributed by atoms with E-state index in [-0.39, 0.29) is 11.2 Å². The van der Waals surface area contributed by atoms with Crippen LogP contribution >= 0.6 is 0 Å². The Kier molecular flexibility index (Phi) is 4.01. The lowest BCUT2D eigenvalue weighted by molar-refractivity contribution is -0.0611. The minimum Gasteiger partial charge on any atom is -0.379 e. The Hall–Kier alpha value is -2.45. The lowest BCUT2D eigenvalue weighted by Gasteiger charge is -2.42. The van der Waals surface area contributed by atoms with Crippen LogP contribution in [0.3, 0.4) is 0 Å². The first kappa shape index (κ1) is 15.4. The standard InChI is InChI=1S/C18H19N3O2/c1-4-13-6-7-14(8-15(13)16(22)5-2)18(10-23-11-18)9-17-20-19-12-21(17)3/h2,6-8,12H,4,9-11H2,1,3H3. The topological polar surface area (TPSA) is 57.0 Å². The van der Waals surface area contributed by atoms with Gasteiger partial charge < -0.3 is 9.30 Å². The summed E-state index contributed by atoms with van der Waals surface area (Å²) in [6, 6.07) is 6.00. The largest absolute Gasteiger partial charge is 0.379 e. The molecule has 1 aliphatic rings. The lowest BCUT2D eigenvalue weighted by atomic mass is 9.74. The molecule has 0 unspecified atom stereocenters. The van der Waals surface area contributed by atoms with Gasteiger partial charge in [0.15, 0.2) is 0 Å². The second kappa shape index (κ2) is 5.98. The van der Waals surface area contributed by atoms with Gasteiger partial charge in [-0.15, -0.1) is 16.6 Å². The zero-order valence-electron chi connectivity index (χ0n) is 13.4. The highest BCUT2D eigenvalue weighted by Crippen LogP contribution is 2.36. The molecule has 1 aromatic heterocycles. The molecule has 0 N–H and O–H groups in total. The number of rotatable bonds is 5. The molecule has 1 fully saturated rings. The van der Waals surface area contributed by atoms with Gasteiger partial charge in [0, 0.05) is 24.4 Å². The molecule has 0 amide bonds. The Morgan fingerprint density at radius 1 is 1.48 bits per heavy atom. The highest BCUT2D eigenvalue weighted by atomic mass is 16.5. The first-order chi connectivity index (χ1) is 11.1. The highest BCUT2D eigenvalue weighted by molar-refractivity contribution is 6.09. The molecule has 23 heavy (non-hydrogen) atoms. The number of aryl methyl sites for hydroxylation is 2. The molecule has 1 aromatic carbocycles. The van der Waals surface area contributed by atoms with Crippen LogP contribution in [0.4, 0.5) is 0 Å². The third kappa shape index (κ3) is 2.66. The van der Waals surface area contributed by atoms with Gasteiger partial charge in [-0.25, -0.2) is 0 Å². The van der Waals surface area contributed by atoms with Gasteiger partial charge in [0.1, 0.15) is 12.2 Å². The summed E-state index contributed by atoms with van der Waals surface area (Å²) in [7, 11) is 1.93. The van der Waals surface area contributed by atoms with E-state index in [1.807, 2.05) is 30.7 Å². The predicted octanol–water partition coefficient (Wildman–Crippen LogP) is 1.70. The van der Waals surface area contributed by atoms with Crippen LogP contribution in [0.5, 0.6) is 0 Å². The molecule has 5 nitrogen and oxygen atoms in total. The van der Waals surface area contributed by atoms with Gasteiger partial charge in [-0.05, 0) is 29.5 Å². The summed E-state index contributed by atoms with van der Waals surface area (Å²) in [6.45, 7) is 3.23. The van der Waals surface area contributed by atoms with E-state index in [0.29, 0.717) is 18.8 Å². The van der Waals surface area contributed by atoms with Crippen LogP contribution < -0.4 is 0 Å². The summed E-state index contributed by atoms with van der Waals surface area (Å²) in [5, 5.41) is 8.11. The second-order valence-corrected chi connectivity index (χ2v) is 6.01. The van der Waals surface area contributed by atoms with Crippen molar-refractivity contribution in [1.82, 2.24) is 14.8 Å². The van der Waals surface area contributed by atoms with Crippen molar-refractivity contribution < 1.29 is 9.53 Å². The minimum atomic E-state index is -0.266. The van der Waals surface area contributed by atoms with E-state index in [9.17, 15) is 4.79 Å². The van der Waals surface area contributed by atoms with Gasteiger partial charge in [-0.1, -0.05) is 19.1 Å². The smallest absolute Gasteiger partial charge is 0.235 e. The number of terminal acetylenes is 1. The van der Waals surface area contributed by atoms with E-state index in [0.717, 1.165) is 29.8 Å². The van der Waals surface area contributed by atoms with Gasteiger partial charge in [0.25, 0.3) is 0 Å². The van der Waals surface area contributed by atoms with E-state index in [2.05, 4.69) is 22.2 Å². The number of carbonyl (C=O) groups is 1. The average molecular weight is 309 g/mol. The molecule has 0 atom stereocenters. The number of aromatic nitrogens is 3. The van der Waals surface area contributed by atoms with Gasteiger partial charge >= 0.3 is 0 Å². The summed E-state index contributed by atoms with van der Waals surface area (Å²) >= 11 is 0. The number of hydrogen-bond donors (Lipinski definition) is 0. The Balaban J connectivity index is 2.00. The normalized spacial score (nSPS) is 15.7. The van der Waals surface area contributed by atoms with Crippen molar-refractivity contribution in [3.8, 4) is 12.3 Å².